The highest BCUT2D eigenvalue weighted by Crippen LogP contribution is 2.24. The third-order valence-electron chi connectivity index (χ3n) is 2.56. The third-order valence-corrected chi connectivity index (χ3v) is 2.56. The predicted octanol–water partition coefficient (Wildman–Crippen LogP) is 2.42. The lowest BCUT2D eigenvalue weighted by Crippen LogP contribution is -1.85. The topological polar surface area (TPSA) is 36.0 Å². The van der Waals surface area contributed by atoms with Crippen molar-refractivity contribution < 1.29 is 9.50 Å². The van der Waals surface area contributed by atoms with E-state index in [1.165, 1.54) is 6.07 Å². The van der Waals surface area contributed by atoms with Gasteiger partial charge in [0.1, 0.15) is 5.82 Å². The first-order valence-corrected chi connectivity index (χ1v) is 4.51. The molecule has 1 aromatic carbocycles. The lowest BCUT2D eigenvalue weighted by molar-refractivity contribution is 0.282. The number of aromatic nitrogens is 1. The molecule has 0 spiro atoms. The van der Waals surface area contributed by atoms with Gasteiger partial charge in [-0.25, -0.2) is 4.39 Å². The van der Waals surface area contributed by atoms with Crippen LogP contribution in [-0.4, -0.2) is 10.1 Å². The molecule has 14 heavy (non-hydrogen) atoms. The minimum Gasteiger partial charge on any atom is -0.392 e. The molecule has 0 radical (unpaired) electrons. The van der Waals surface area contributed by atoms with Crippen LogP contribution >= 0.6 is 0 Å². The summed E-state index contributed by atoms with van der Waals surface area (Å²) in [5.41, 5.74) is 3.09. The summed E-state index contributed by atoms with van der Waals surface area (Å²) >= 11 is 0. The molecule has 2 nitrogen and oxygen atoms in total. The molecule has 0 saturated carbocycles. The van der Waals surface area contributed by atoms with Gasteiger partial charge in [-0.15, -0.1) is 0 Å². The first-order chi connectivity index (χ1) is 6.63. The molecule has 2 aromatic rings. The van der Waals surface area contributed by atoms with Crippen LogP contribution in [-0.2, 0) is 6.61 Å². The van der Waals surface area contributed by atoms with Crippen molar-refractivity contribution >= 4 is 10.9 Å². The van der Waals surface area contributed by atoms with Crippen LogP contribution in [0.3, 0.4) is 0 Å². The molecule has 0 bridgehead atoms. The Bertz CT molecular complexity index is 487. The van der Waals surface area contributed by atoms with Gasteiger partial charge in [0, 0.05) is 22.2 Å². The second-order valence-corrected chi connectivity index (χ2v) is 3.53. The van der Waals surface area contributed by atoms with E-state index in [0.717, 1.165) is 22.2 Å². The largest absolute Gasteiger partial charge is 0.392 e. The van der Waals surface area contributed by atoms with Crippen LogP contribution in [0.4, 0.5) is 4.39 Å². The van der Waals surface area contributed by atoms with Crippen molar-refractivity contribution in [2.45, 2.75) is 20.5 Å². The molecule has 1 heterocycles. The van der Waals surface area contributed by atoms with Gasteiger partial charge in [0.25, 0.3) is 0 Å². The van der Waals surface area contributed by atoms with E-state index < -0.39 is 0 Å². The zero-order valence-corrected chi connectivity index (χ0v) is 8.19. The predicted molar refractivity (Wildman–Crippen MR) is 53.7 cm³/mol. The SMILES string of the molecule is Cc1cc2c(CO)c(C)[nH]c2cc1F. The highest BCUT2D eigenvalue weighted by atomic mass is 19.1. The number of benzene rings is 1. The van der Waals surface area contributed by atoms with E-state index in [0.29, 0.717) is 5.56 Å². The fraction of sp³-hybridized carbons (Fsp3) is 0.273. The minimum absolute atomic E-state index is 0.0170. The van der Waals surface area contributed by atoms with E-state index in [9.17, 15) is 4.39 Å². The average molecular weight is 193 g/mol. The summed E-state index contributed by atoms with van der Waals surface area (Å²) in [6.07, 6.45) is 0. The van der Waals surface area contributed by atoms with E-state index in [1.807, 2.05) is 6.92 Å². The standard InChI is InChI=1S/C11H12FNO/c1-6-3-8-9(5-14)7(2)13-11(8)4-10(6)12/h3-4,13-14H,5H2,1-2H3. The van der Waals surface area contributed by atoms with Crippen molar-refractivity contribution in [1.29, 1.82) is 0 Å². The van der Waals surface area contributed by atoms with Crippen LogP contribution in [0.25, 0.3) is 10.9 Å². The fourth-order valence-electron chi connectivity index (χ4n) is 1.72. The summed E-state index contributed by atoms with van der Waals surface area (Å²) < 4.78 is 13.2. The summed E-state index contributed by atoms with van der Waals surface area (Å²) in [4.78, 5) is 3.05. The fourth-order valence-corrected chi connectivity index (χ4v) is 1.72. The van der Waals surface area contributed by atoms with E-state index >= 15 is 0 Å². The number of hydrogen-bond acceptors (Lipinski definition) is 1. The van der Waals surface area contributed by atoms with Gasteiger partial charge in [0.15, 0.2) is 0 Å². The monoisotopic (exact) mass is 193 g/mol. The van der Waals surface area contributed by atoms with Gasteiger partial charge in [-0.1, -0.05) is 0 Å². The van der Waals surface area contributed by atoms with Crippen LogP contribution in [0.2, 0.25) is 0 Å². The molecule has 0 fully saturated rings. The summed E-state index contributed by atoms with van der Waals surface area (Å²) in [6, 6.07) is 3.23. The molecule has 1 aromatic heterocycles. The summed E-state index contributed by atoms with van der Waals surface area (Å²) in [5, 5.41) is 10.1. The van der Waals surface area contributed by atoms with E-state index in [2.05, 4.69) is 4.98 Å². The Morgan fingerprint density at radius 1 is 1.36 bits per heavy atom. The number of nitrogens with one attached hydrogen (secondary N) is 1. The third kappa shape index (κ3) is 1.21. The lowest BCUT2D eigenvalue weighted by Gasteiger charge is -1.98. The quantitative estimate of drug-likeness (QED) is 0.716. The van der Waals surface area contributed by atoms with Crippen LogP contribution in [0.15, 0.2) is 12.1 Å². The Labute approximate surface area is 81.4 Å². The summed E-state index contributed by atoms with van der Waals surface area (Å²) in [7, 11) is 0. The first kappa shape index (κ1) is 9.21. The highest BCUT2D eigenvalue weighted by molar-refractivity contribution is 5.85. The second-order valence-electron chi connectivity index (χ2n) is 3.53. The number of aliphatic hydroxyl groups excluding tert-OH is 1. The molecule has 0 atom stereocenters. The maximum Gasteiger partial charge on any atom is 0.128 e. The van der Waals surface area contributed by atoms with Crippen molar-refractivity contribution in [1.82, 2.24) is 4.98 Å². The molecule has 0 saturated heterocycles. The van der Waals surface area contributed by atoms with Gasteiger partial charge in [-0.05, 0) is 31.5 Å². The van der Waals surface area contributed by atoms with Crippen LogP contribution in [0.5, 0.6) is 0 Å². The second kappa shape index (κ2) is 3.10. The van der Waals surface area contributed by atoms with Gasteiger partial charge in [0.2, 0.25) is 0 Å². The molecule has 0 aliphatic carbocycles. The van der Waals surface area contributed by atoms with E-state index in [-0.39, 0.29) is 12.4 Å². The van der Waals surface area contributed by atoms with E-state index in [4.69, 9.17) is 5.11 Å². The van der Waals surface area contributed by atoms with Crippen molar-refractivity contribution in [2.75, 3.05) is 0 Å². The molecule has 0 unspecified atom stereocenters. The molecule has 74 valence electrons. The van der Waals surface area contributed by atoms with E-state index in [1.54, 1.807) is 13.0 Å². The summed E-state index contributed by atoms with van der Waals surface area (Å²) in [6.45, 7) is 3.58. The molecule has 2 rings (SSSR count). The van der Waals surface area contributed by atoms with Crippen LogP contribution < -0.4 is 0 Å². The maximum absolute atomic E-state index is 13.2. The molecule has 3 heteroatoms. The Hall–Kier alpha value is -1.35. The molecule has 2 N–H and O–H groups in total. The maximum atomic E-state index is 13.2. The number of aromatic amines is 1. The number of aryl methyl sites for hydroxylation is 2. The van der Waals surface area contributed by atoms with Crippen molar-refractivity contribution in [3.8, 4) is 0 Å². The van der Waals surface area contributed by atoms with Gasteiger partial charge in [-0.3, -0.25) is 0 Å². The molecule has 0 aliphatic heterocycles. The highest BCUT2D eigenvalue weighted by Gasteiger charge is 2.09. The van der Waals surface area contributed by atoms with Crippen molar-refractivity contribution in [3.63, 3.8) is 0 Å². The van der Waals surface area contributed by atoms with Crippen molar-refractivity contribution in [2.24, 2.45) is 0 Å². The molecule has 0 aliphatic rings. The van der Waals surface area contributed by atoms with Crippen LogP contribution in [0.1, 0.15) is 16.8 Å². The van der Waals surface area contributed by atoms with Gasteiger partial charge in [-0.2, -0.15) is 0 Å². The van der Waals surface area contributed by atoms with Gasteiger partial charge >= 0.3 is 0 Å². The first-order valence-electron chi connectivity index (χ1n) is 4.51. The Morgan fingerprint density at radius 3 is 2.71 bits per heavy atom. The minimum atomic E-state index is -0.219. The van der Waals surface area contributed by atoms with Gasteiger partial charge in [0.05, 0.1) is 6.61 Å². The molecular weight excluding hydrogens is 181 g/mol. The number of rotatable bonds is 1. The normalized spacial score (nSPS) is 11.1. The number of H-pyrrole nitrogens is 1. The number of hydrogen-bond donors (Lipinski definition) is 2. The van der Waals surface area contributed by atoms with Gasteiger partial charge < -0.3 is 10.1 Å². The smallest absolute Gasteiger partial charge is 0.128 e. The number of fused-ring (bicyclic) bond motifs is 1. The zero-order valence-electron chi connectivity index (χ0n) is 8.19. The Morgan fingerprint density at radius 2 is 2.07 bits per heavy atom. The van der Waals surface area contributed by atoms with Crippen LogP contribution in [0, 0.1) is 19.7 Å². The Kier molecular flexibility index (Phi) is 2.04. The average Bonchev–Trinajstić information content (AvgIpc) is 2.42. The number of aliphatic hydroxyl groups is 1. The Balaban J connectivity index is 2.82. The molecule has 0 amide bonds. The summed E-state index contributed by atoms with van der Waals surface area (Å²) in [5.74, 6) is -0.219. The number of halogens is 1. The van der Waals surface area contributed by atoms with Crippen molar-refractivity contribution in [3.05, 3.63) is 34.8 Å². The lowest BCUT2D eigenvalue weighted by atomic mass is 10.1. The molecular formula is C11H12FNO. The zero-order chi connectivity index (χ0) is 10.3.